The minimum Gasteiger partial charge on any atom is -0.273 e. The van der Waals surface area contributed by atoms with Gasteiger partial charge in [-0.15, -0.1) is 11.6 Å². The van der Waals surface area contributed by atoms with E-state index in [1.54, 1.807) is 0 Å². The SMILES string of the molecule is CCn1cc(CC(CCl)Cc2ccccc2Cl)cn1. The van der Waals surface area contributed by atoms with Gasteiger partial charge in [-0.3, -0.25) is 4.68 Å². The van der Waals surface area contributed by atoms with Crippen molar-refractivity contribution in [3.63, 3.8) is 0 Å². The lowest BCUT2D eigenvalue weighted by molar-refractivity contribution is 0.582. The zero-order chi connectivity index (χ0) is 13.7. The van der Waals surface area contributed by atoms with Gasteiger partial charge in [-0.2, -0.15) is 5.10 Å². The number of aryl methyl sites for hydroxylation is 1. The summed E-state index contributed by atoms with van der Waals surface area (Å²) in [5, 5.41) is 5.12. The van der Waals surface area contributed by atoms with Gasteiger partial charge in [-0.05, 0) is 42.9 Å². The summed E-state index contributed by atoms with van der Waals surface area (Å²) in [5.74, 6) is 1.01. The molecule has 1 aromatic heterocycles. The molecule has 0 fully saturated rings. The number of hydrogen-bond acceptors (Lipinski definition) is 1. The van der Waals surface area contributed by atoms with E-state index in [1.807, 2.05) is 29.1 Å². The third kappa shape index (κ3) is 3.99. The molecule has 1 atom stereocenters. The third-order valence-corrected chi connectivity index (χ3v) is 4.02. The highest BCUT2D eigenvalue weighted by Gasteiger charge is 2.12. The van der Waals surface area contributed by atoms with Gasteiger partial charge in [0.15, 0.2) is 0 Å². The zero-order valence-electron chi connectivity index (χ0n) is 11.0. The lowest BCUT2D eigenvalue weighted by Crippen LogP contribution is -2.10. The van der Waals surface area contributed by atoms with E-state index in [0.717, 1.165) is 30.0 Å². The molecule has 0 bridgehead atoms. The first-order valence-corrected chi connectivity index (χ1v) is 7.45. The zero-order valence-corrected chi connectivity index (χ0v) is 12.5. The summed E-state index contributed by atoms with van der Waals surface area (Å²) in [7, 11) is 0. The van der Waals surface area contributed by atoms with Crippen molar-refractivity contribution in [2.75, 3.05) is 5.88 Å². The quantitative estimate of drug-likeness (QED) is 0.731. The summed E-state index contributed by atoms with van der Waals surface area (Å²) in [4.78, 5) is 0. The molecular weight excluding hydrogens is 279 g/mol. The van der Waals surface area contributed by atoms with Crippen LogP contribution < -0.4 is 0 Å². The maximum absolute atomic E-state index is 6.20. The molecule has 1 unspecified atom stereocenters. The lowest BCUT2D eigenvalue weighted by Gasteiger charge is -2.13. The van der Waals surface area contributed by atoms with Gasteiger partial charge in [0, 0.05) is 23.6 Å². The van der Waals surface area contributed by atoms with Crippen LogP contribution in [-0.4, -0.2) is 15.7 Å². The Hall–Kier alpha value is -0.990. The van der Waals surface area contributed by atoms with Crippen molar-refractivity contribution >= 4 is 23.2 Å². The number of halogens is 2. The summed E-state index contributed by atoms with van der Waals surface area (Å²) >= 11 is 12.3. The highest BCUT2D eigenvalue weighted by atomic mass is 35.5. The first-order chi connectivity index (χ1) is 9.22. The van der Waals surface area contributed by atoms with Crippen LogP contribution in [0.5, 0.6) is 0 Å². The fourth-order valence-corrected chi connectivity index (χ4v) is 2.61. The van der Waals surface area contributed by atoms with Crippen LogP contribution in [0.3, 0.4) is 0 Å². The molecule has 102 valence electrons. The maximum atomic E-state index is 6.20. The molecule has 2 nitrogen and oxygen atoms in total. The minimum absolute atomic E-state index is 0.385. The van der Waals surface area contributed by atoms with Crippen LogP contribution in [0.2, 0.25) is 5.02 Å². The molecule has 2 rings (SSSR count). The second-order valence-corrected chi connectivity index (χ2v) is 5.44. The van der Waals surface area contributed by atoms with Crippen LogP contribution in [0.15, 0.2) is 36.7 Å². The molecule has 1 aromatic carbocycles. The topological polar surface area (TPSA) is 17.8 Å². The second kappa shape index (κ2) is 6.97. The maximum Gasteiger partial charge on any atom is 0.0521 e. The van der Waals surface area contributed by atoms with E-state index in [1.165, 1.54) is 5.56 Å². The second-order valence-electron chi connectivity index (χ2n) is 4.72. The normalized spacial score (nSPS) is 12.6. The molecule has 1 heterocycles. The van der Waals surface area contributed by atoms with Crippen LogP contribution in [0.4, 0.5) is 0 Å². The molecule has 19 heavy (non-hydrogen) atoms. The summed E-state index contributed by atoms with van der Waals surface area (Å²) in [6.45, 7) is 2.98. The van der Waals surface area contributed by atoms with E-state index in [4.69, 9.17) is 23.2 Å². The number of hydrogen-bond donors (Lipinski definition) is 0. The van der Waals surface area contributed by atoms with Crippen molar-refractivity contribution in [1.82, 2.24) is 9.78 Å². The Kier molecular flexibility index (Phi) is 5.29. The van der Waals surface area contributed by atoms with Gasteiger partial charge in [0.25, 0.3) is 0 Å². The van der Waals surface area contributed by atoms with Crippen molar-refractivity contribution in [1.29, 1.82) is 0 Å². The lowest BCUT2D eigenvalue weighted by atomic mass is 9.95. The number of nitrogens with zero attached hydrogens (tertiary/aromatic N) is 2. The van der Waals surface area contributed by atoms with E-state index in [2.05, 4.69) is 24.3 Å². The molecular formula is C15H18Cl2N2. The fourth-order valence-electron chi connectivity index (χ4n) is 2.17. The van der Waals surface area contributed by atoms with Crippen molar-refractivity contribution in [3.05, 3.63) is 52.8 Å². The molecule has 0 saturated carbocycles. The van der Waals surface area contributed by atoms with Gasteiger partial charge in [0.2, 0.25) is 0 Å². The summed E-state index contributed by atoms with van der Waals surface area (Å²) in [6.07, 6.45) is 5.86. The van der Waals surface area contributed by atoms with Crippen LogP contribution in [0.1, 0.15) is 18.1 Å². The molecule has 0 spiro atoms. The first-order valence-electron chi connectivity index (χ1n) is 6.53. The molecule has 0 radical (unpaired) electrons. The van der Waals surface area contributed by atoms with E-state index in [9.17, 15) is 0 Å². The van der Waals surface area contributed by atoms with Crippen LogP contribution in [0.25, 0.3) is 0 Å². The highest BCUT2D eigenvalue weighted by molar-refractivity contribution is 6.31. The standard InChI is InChI=1S/C15H18Cl2N2/c1-2-19-11-13(10-18-19)7-12(9-16)8-14-5-3-4-6-15(14)17/h3-6,10-12H,2,7-9H2,1H3. The average molecular weight is 297 g/mol. The van der Waals surface area contributed by atoms with Crippen molar-refractivity contribution in [2.45, 2.75) is 26.3 Å². The van der Waals surface area contributed by atoms with Crippen molar-refractivity contribution in [2.24, 2.45) is 5.92 Å². The van der Waals surface area contributed by atoms with Crippen LogP contribution in [0, 0.1) is 5.92 Å². The monoisotopic (exact) mass is 296 g/mol. The van der Waals surface area contributed by atoms with Crippen molar-refractivity contribution < 1.29 is 0 Å². The van der Waals surface area contributed by atoms with Gasteiger partial charge in [-0.25, -0.2) is 0 Å². The van der Waals surface area contributed by atoms with E-state index in [-0.39, 0.29) is 0 Å². The Balaban J connectivity index is 2.02. The van der Waals surface area contributed by atoms with Crippen LogP contribution in [-0.2, 0) is 19.4 Å². The van der Waals surface area contributed by atoms with Gasteiger partial charge in [0.1, 0.15) is 0 Å². The summed E-state index contributed by atoms with van der Waals surface area (Å²) in [5.41, 5.74) is 2.40. The fraction of sp³-hybridized carbons (Fsp3) is 0.400. The predicted molar refractivity (Wildman–Crippen MR) is 81.0 cm³/mol. The Morgan fingerprint density at radius 3 is 2.68 bits per heavy atom. The largest absolute Gasteiger partial charge is 0.273 e. The van der Waals surface area contributed by atoms with Gasteiger partial charge < -0.3 is 0 Å². The molecule has 0 saturated heterocycles. The van der Waals surface area contributed by atoms with E-state index in [0.29, 0.717) is 11.8 Å². The third-order valence-electron chi connectivity index (χ3n) is 3.22. The van der Waals surface area contributed by atoms with E-state index >= 15 is 0 Å². The van der Waals surface area contributed by atoms with Gasteiger partial charge in [0.05, 0.1) is 6.20 Å². The molecule has 0 aliphatic carbocycles. The Bertz CT molecular complexity index is 522. The average Bonchev–Trinajstić information content (AvgIpc) is 2.88. The number of rotatable bonds is 6. The van der Waals surface area contributed by atoms with Gasteiger partial charge in [-0.1, -0.05) is 29.8 Å². The highest BCUT2D eigenvalue weighted by Crippen LogP contribution is 2.21. The molecule has 4 heteroatoms. The minimum atomic E-state index is 0.385. The Labute approximate surface area is 124 Å². The molecule has 2 aromatic rings. The number of aromatic nitrogens is 2. The molecule has 0 aliphatic heterocycles. The summed E-state index contributed by atoms with van der Waals surface area (Å²) in [6, 6.07) is 7.96. The predicted octanol–water partition coefficient (Wildman–Crippen LogP) is 4.20. The molecule has 0 amide bonds. The molecule has 0 N–H and O–H groups in total. The first kappa shape index (κ1) is 14.4. The number of benzene rings is 1. The van der Waals surface area contributed by atoms with E-state index < -0.39 is 0 Å². The Morgan fingerprint density at radius 2 is 2.05 bits per heavy atom. The van der Waals surface area contributed by atoms with Crippen molar-refractivity contribution in [3.8, 4) is 0 Å². The summed E-state index contributed by atoms with van der Waals surface area (Å²) < 4.78 is 1.94. The number of alkyl halides is 1. The Morgan fingerprint density at radius 1 is 1.26 bits per heavy atom. The smallest absolute Gasteiger partial charge is 0.0521 e. The molecule has 0 aliphatic rings. The van der Waals surface area contributed by atoms with Gasteiger partial charge >= 0.3 is 0 Å². The van der Waals surface area contributed by atoms with Crippen LogP contribution >= 0.6 is 23.2 Å².